The van der Waals surface area contributed by atoms with E-state index in [1.165, 1.54) is 11.1 Å². The zero-order chi connectivity index (χ0) is 26.0. The fraction of sp³-hybridized carbons (Fsp3) is 0.429. The summed E-state index contributed by atoms with van der Waals surface area (Å²) in [5, 5.41) is 7.71. The first-order chi connectivity index (χ1) is 17.0. The van der Waals surface area contributed by atoms with E-state index in [0.29, 0.717) is 6.73 Å². The minimum Gasteiger partial charge on any atom is -0.360 e. The van der Waals surface area contributed by atoms with Gasteiger partial charge in [-0.25, -0.2) is 4.68 Å². The molecule has 2 atom stereocenters. The Labute approximate surface area is 235 Å². The molecule has 9 heteroatoms. The van der Waals surface area contributed by atoms with Crippen molar-refractivity contribution in [2.75, 3.05) is 11.9 Å². The zero-order valence-corrected chi connectivity index (χ0v) is 25.7. The molecule has 200 valence electrons. The molecule has 0 saturated carbocycles. The molecular weight excluding hydrogens is 568 g/mol. The predicted molar refractivity (Wildman–Crippen MR) is 160 cm³/mol. The maximum Gasteiger partial charge on any atom is 0.241 e. The number of aromatic nitrogens is 2. The summed E-state index contributed by atoms with van der Waals surface area (Å²) in [4.78, 5) is 13.0. The van der Waals surface area contributed by atoms with Crippen LogP contribution in [-0.4, -0.2) is 36.4 Å². The van der Waals surface area contributed by atoms with Crippen molar-refractivity contribution in [1.29, 1.82) is 0 Å². The number of halogens is 2. The molecule has 0 spiro atoms. The number of fused-ring (bicyclic) bond motifs is 1. The molecular formula is C28H38BrClN4O2Si. The molecule has 1 aliphatic rings. The van der Waals surface area contributed by atoms with Gasteiger partial charge in [0.2, 0.25) is 5.91 Å². The highest BCUT2D eigenvalue weighted by Gasteiger charge is 2.32. The van der Waals surface area contributed by atoms with Crippen LogP contribution in [0, 0.1) is 13.8 Å². The van der Waals surface area contributed by atoms with Gasteiger partial charge in [-0.1, -0.05) is 53.8 Å². The molecule has 3 aromatic rings. The van der Waals surface area contributed by atoms with Gasteiger partial charge in [0.1, 0.15) is 6.73 Å². The minimum atomic E-state index is -1.11. The van der Waals surface area contributed by atoms with Crippen LogP contribution >= 0.6 is 28.3 Å². The lowest BCUT2D eigenvalue weighted by Gasteiger charge is -2.20. The summed E-state index contributed by atoms with van der Waals surface area (Å²) in [6, 6.07) is 14.7. The number of aryl methyl sites for hydroxylation is 2. The molecule has 1 heterocycles. The number of carbonyl (C=O) groups excluding carboxylic acids is 1. The fourth-order valence-corrected chi connectivity index (χ4v) is 6.01. The number of anilines is 1. The second-order valence-electron chi connectivity index (χ2n) is 11.0. The lowest BCUT2D eigenvalue weighted by molar-refractivity contribution is -0.117. The van der Waals surface area contributed by atoms with E-state index in [1.807, 2.05) is 41.9 Å². The summed E-state index contributed by atoms with van der Waals surface area (Å²) >= 11 is 3.54. The molecule has 0 bridgehead atoms. The highest BCUT2D eigenvalue weighted by atomic mass is 79.9. The quantitative estimate of drug-likeness (QED) is 0.211. The van der Waals surface area contributed by atoms with E-state index in [0.717, 1.165) is 58.2 Å². The van der Waals surface area contributed by atoms with E-state index < -0.39 is 14.1 Å². The molecule has 0 fully saturated rings. The van der Waals surface area contributed by atoms with Crippen molar-refractivity contribution in [2.45, 2.75) is 71.1 Å². The summed E-state index contributed by atoms with van der Waals surface area (Å²) in [5.41, 5.74) is 13.8. The predicted octanol–water partition coefficient (Wildman–Crippen LogP) is 6.66. The lowest BCUT2D eigenvalue weighted by Crippen LogP contribution is -2.40. The largest absolute Gasteiger partial charge is 0.360 e. The molecule has 1 unspecified atom stereocenters. The number of benzene rings is 2. The number of hydrogen-bond donors (Lipinski definition) is 2. The Morgan fingerprint density at radius 2 is 1.92 bits per heavy atom. The van der Waals surface area contributed by atoms with Crippen molar-refractivity contribution in [3.63, 3.8) is 0 Å². The summed E-state index contributed by atoms with van der Waals surface area (Å²) in [6.07, 6.45) is 1.85. The van der Waals surface area contributed by atoms with E-state index in [1.54, 1.807) is 0 Å². The summed E-state index contributed by atoms with van der Waals surface area (Å²) in [7, 11) is -1.11. The van der Waals surface area contributed by atoms with E-state index in [2.05, 4.69) is 59.9 Å². The Hall–Kier alpha value is -1.97. The van der Waals surface area contributed by atoms with Gasteiger partial charge in [0.05, 0.1) is 11.7 Å². The molecule has 0 aliphatic heterocycles. The zero-order valence-electron chi connectivity index (χ0n) is 22.3. The average Bonchev–Trinajstić information content (AvgIpc) is 3.36. The summed E-state index contributed by atoms with van der Waals surface area (Å²) < 4.78 is 8.86. The standard InChI is InChI=1S/C28H37BrN4O2Si.ClH/c1-18-26(19(2)33(32-18)17-35-14-15-36(3,4)5)21-7-11-23(12-8-21)31-28(34)27(30)24-13-9-20-6-10-22(29)16-25(20)24;/h6-8,10-12,16,24,27H,9,13-15,17,30H2,1-5H3,(H,31,34);1H/t24-,27?;/m1./s1. The van der Waals surface area contributed by atoms with Crippen molar-refractivity contribution in [3.05, 3.63) is 69.5 Å². The summed E-state index contributed by atoms with van der Waals surface area (Å²) in [5.74, 6) is -0.128. The van der Waals surface area contributed by atoms with Crippen LogP contribution in [-0.2, 0) is 22.7 Å². The minimum absolute atomic E-state index is 0. The van der Waals surface area contributed by atoms with Gasteiger partial charge < -0.3 is 15.8 Å². The van der Waals surface area contributed by atoms with Gasteiger partial charge in [-0.3, -0.25) is 4.79 Å². The van der Waals surface area contributed by atoms with Crippen molar-refractivity contribution in [2.24, 2.45) is 5.73 Å². The molecule has 2 aromatic carbocycles. The number of amides is 1. The Balaban J connectivity index is 0.00000380. The number of carbonyl (C=O) groups is 1. The van der Waals surface area contributed by atoms with Crippen molar-refractivity contribution < 1.29 is 9.53 Å². The molecule has 1 aromatic heterocycles. The number of hydrogen-bond acceptors (Lipinski definition) is 4. The first-order valence-corrected chi connectivity index (χ1v) is 17.1. The Kier molecular flexibility index (Phi) is 9.80. The Bertz CT molecular complexity index is 1240. The van der Waals surface area contributed by atoms with Crippen LogP contribution in [0.2, 0.25) is 25.7 Å². The van der Waals surface area contributed by atoms with Gasteiger partial charge in [0, 0.05) is 42.0 Å². The molecule has 6 nitrogen and oxygen atoms in total. The van der Waals surface area contributed by atoms with Crippen LogP contribution in [0.25, 0.3) is 11.1 Å². The van der Waals surface area contributed by atoms with Gasteiger partial charge in [0.15, 0.2) is 0 Å². The van der Waals surface area contributed by atoms with E-state index in [-0.39, 0.29) is 24.2 Å². The van der Waals surface area contributed by atoms with E-state index in [4.69, 9.17) is 15.6 Å². The van der Waals surface area contributed by atoms with E-state index in [9.17, 15) is 4.79 Å². The van der Waals surface area contributed by atoms with Crippen molar-refractivity contribution >= 4 is 48.0 Å². The molecule has 0 saturated heterocycles. The monoisotopic (exact) mass is 604 g/mol. The number of nitrogens with one attached hydrogen (secondary N) is 1. The number of nitrogens with zero attached hydrogens (tertiary/aromatic N) is 2. The third kappa shape index (κ3) is 7.12. The topological polar surface area (TPSA) is 82.2 Å². The van der Waals surface area contributed by atoms with Gasteiger partial charge in [-0.2, -0.15) is 5.10 Å². The normalized spacial score (nSPS) is 15.7. The van der Waals surface area contributed by atoms with Gasteiger partial charge >= 0.3 is 0 Å². The second-order valence-corrected chi connectivity index (χ2v) is 17.5. The maximum atomic E-state index is 13.0. The highest BCUT2D eigenvalue weighted by molar-refractivity contribution is 9.10. The van der Waals surface area contributed by atoms with Crippen LogP contribution in [0.1, 0.15) is 34.9 Å². The third-order valence-corrected chi connectivity index (χ3v) is 9.20. The molecule has 3 N–H and O–H groups in total. The molecule has 37 heavy (non-hydrogen) atoms. The third-order valence-electron chi connectivity index (χ3n) is 7.00. The molecule has 1 amide bonds. The SMILES string of the molecule is Cc1nn(COCC[Si](C)(C)C)c(C)c1-c1ccc(NC(=O)C(N)[C@@H]2CCc3ccc(Br)cc32)cc1.Cl. The molecule has 1 aliphatic carbocycles. The van der Waals surface area contributed by atoms with Crippen LogP contribution in [0.5, 0.6) is 0 Å². The highest BCUT2D eigenvalue weighted by Crippen LogP contribution is 2.37. The van der Waals surface area contributed by atoms with Crippen LogP contribution in [0.3, 0.4) is 0 Å². The number of nitrogens with two attached hydrogens (primary N) is 1. The van der Waals surface area contributed by atoms with Gasteiger partial charge in [-0.15, -0.1) is 12.4 Å². The fourth-order valence-electron chi connectivity index (χ4n) is 4.88. The average molecular weight is 606 g/mol. The lowest BCUT2D eigenvalue weighted by atomic mass is 9.93. The molecule has 4 rings (SSSR count). The summed E-state index contributed by atoms with van der Waals surface area (Å²) in [6.45, 7) is 12.4. The first-order valence-electron chi connectivity index (χ1n) is 12.6. The second kappa shape index (κ2) is 12.3. The maximum absolute atomic E-state index is 13.0. The van der Waals surface area contributed by atoms with Gasteiger partial charge in [-0.05, 0) is 73.7 Å². The smallest absolute Gasteiger partial charge is 0.241 e. The Morgan fingerprint density at radius 1 is 1.22 bits per heavy atom. The van der Waals surface area contributed by atoms with Crippen molar-refractivity contribution in [3.8, 4) is 11.1 Å². The first kappa shape index (κ1) is 29.6. The van der Waals surface area contributed by atoms with E-state index >= 15 is 0 Å². The van der Waals surface area contributed by atoms with Crippen LogP contribution in [0.15, 0.2) is 46.9 Å². The van der Waals surface area contributed by atoms with Crippen molar-refractivity contribution in [1.82, 2.24) is 9.78 Å². The number of ether oxygens (including phenoxy) is 1. The molecule has 0 radical (unpaired) electrons. The number of rotatable bonds is 9. The Morgan fingerprint density at radius 3 is 2.59 bits per heavy atom. The van der Waals surface area contributed by atoms with Gasteiger partial charge in [0.25, 0.3) is 0 Å². The van der Waals surface area contributed by atoms with Crippen LogP contribution < -0.4 is 11.1 Å². The van der Waals surface area contributed by atoms with Crippen LogP contribution in [0.4, 0.5) is 5.69 Å².